The summed E-state index contributed by atoms with van der Waals surface area (Å²) in [4.78, 5) is 0. The SMILES string of the molecule is C[C@H]1Cc2cc(O)ccc2O[C@H]1c1ccccc1. The second kappa shape index (κ2) is 4.37. The van der Waals surface area contributed by atoms with Gasteiger partial charge in [-0.1, -0.05) is 37.3 Å². The first-order valence-corrected chi connectivity index (χ1v) is 6.27. The van der Waals surface area contributed by atoms with Gasteiger partial charge in [0.15, 0.2) is 0 Å². The highest BCUT2D eigenvalue weighted by Crippen LogP contribution is 2.39. The summed E-state index contributed by atoms with van der Waals surface area (Å²) in [6.07, 6.45) is 1.03. The Morgan fingerprint density at radius 3 is 2.67 bits per heavy atom. The predicted octanol–water partition coefficient (Wildman–Crippen LogP) is 3.70. The number of rotatable bonds is 1. The molecule has 2 aromatic carbocycles. The van der Waals surface area contributed by atoms with Gasteiger partial charge in [-0.2, -0.15) is 0 Å². The molecule has 3 rings (SSSR count). The normalized spacial score (nSPS) is 22.1. The Morgan fingerprint density at radius 1 is 1.11 bits per heavy atom. The minimum atomic E-state index is 0.100. The van der Waals surface area contributed by atoms with Crippen LogP contribution >= 0.6 is 0 Å². The van der Waals surface area contributed by atoms with Gasteiger partial charge in [-0.25, -0.2) is 0 Å². The molecule has 0 saturated heterocycles. The highest BCUT2D eigenvalue weighted by Gasteiger charge is 2.28. The molecule has 0 saturated carbocycles. The minimum absolute atomic E-state index is 0.100. The summed E-state index contributed by atoms with van der Waals surface area (Å²) >= 11 is 0. The average molecular weight is 240 g/mol. The Kier molecular flexibility index (Phi) is 2.71. The molecule has 0 unspecified atom stereocenters. The number of aromatic hydroxyl groups is 1. The average Bonchev–Trinajstić information content (AvgIpc) is 2.39. The molecule has 1 aliphatic rings. The minimum Gasteiger partial charge on any atom is -0.508 e. The lowest BCUT2D eigenvalue weighted by Gasteiger charge is -2.32. The molecule has 0 bridgehead atoms. The lowest BCUT2D eigenvalue weighted by atomic mass is 9.88. The predicted molar refractivity (Wildman–Crippen MR) is 70.8 cm³/mol. The van der Waals surface area contributed by atoms with Crippen LogP contribution in [0.2, 0.25) is 0 Å². The maximum absolute atomic E-state index is 9.50. The molecular weight excluding hydrogens is 224 g/mol. The smallest absolute Gasteiger partial charge is 0.127 e. The number of phenols is 1. The van der Waals surface area contributed by atoms with E-state index in [1.165, 1.54) is 5.56 Å². The van der Waals surface area contributed by atoms with E-state index in [1.54, 1.807) is 12.1 Å². The summed E-state index contributed by atoms with van der Waals surface area (Å²) in [5.41, 5.74) is 2.30. The molecule has 0 fully saturated rings. The van der Waals surface area contributed by atoms with Crippen LogP contribution in [-0.2, 0) is 6.42 Å². The number of fused-ring (bicyclic) bond motifs is 1. The van der Waals surface area contributed by atoms with Gasteiger partial charge in [-0.05, 0) is 35.7 Å². The third-order valence-corrected chi connectivity index (χ3v) is 3.48. The van der Waals surface area contributed by atoms with Crippen LogP contribution in [0.4, 0.5) is 0 Å². The summed E-state index contributed by atoms with van der Waals surface area (Å²) in [7, 11) is 0. The van der Waals surface area contributed by atoms with E-state index in [4.69, 9.17) is 4.74 Å². The molecule has 0 spiro atoms. The number of ether oxygens (including phenoxy) is 1. The van der Waals surface area contributed by atoms with Crippen LogP contribution in [0.5, 0.6) is 11.5 Å². The quantitative estimate of drug-likeness (QED) is 0.823. The standard InChI is InChI=1S/C16H16O2/c1-11-9-13-10-14(17)7-8-15(13)18-16(11)12-5-3-2-4-6-12/h2-8,10-11,16-17H,9H2,1H3/t11-,16+/m0/s1. The first-order chi connectivity index (χ1) is 8.74. The van der Waals surface area contributed by atoms with Gasteiger partial charge >= 0.3 is 0 Å². The summed E-state index contributed by atoms with van der Waals surface area (Å²) in [6.45, 7) is 2.19. The molecule has 2 nitrogen and oxygen atoms in total. The van der Waals surface area contributed by atoms with Crippen molar-refractivity contribution in [1.82, 2.24) is 0 Å². The Labute approximate surface area is 107 Å². The van der Waals surface area contributed by atoms with Crippen molar-refractivity contribution in [3.8, 4) is 11.5 Å². The number of phenolic OH excluding ortho intramolecular Hbond substituents is 1. The summed E-state index contributed by atoms with van der Waals surface area (Å²) in [6, 6.07) is 15.6. The van der Waals surface area contributed by atoms with Gasteiger partial charge in [0, 0.05) is 5.92 Å². The molecule has 1 heterocycles. The third kappa shape index (κ3) is 1.94. The molecule has 0 aliphatic carbocycles. The second-order valence-electron chi connectivity index (χ2n) is 4.92. The van der Waals surface area contributed by atoms with Crippen LogP contribution in [0.1, 0.15) is 24.2 Å². The Balaban J connectivity index is 1.95. The van der Waals surface area contributed by atoms with Crippen LogP contribution in [-0.4, -0.2) is 5.11 Å². The molecule has 18 heavy (non-hydrogen) atoms. The van der Waals surface area contributed by atoms with Crippen molar-refractivity contribution in [2.45, 2.75) is 19.4 Å². The van der Waals surface area contributed by atoms with Crippen molar-refractivity contribution in [3.05, 3.63) is 59.7 Å². The van der Waals surface area contributed by atoms with E-state index >= 15 is 0 Å². The van der Waals surface area contributed by atoms with Gasteiger partial charge in [0.25, 0.3) is 0 Å². The molecule has 2 heteroatoms. The summed E-state index contributed by atoms with van der Waals surface area (Å²) in [5, 5.41) is 9.50. The highest BCUT2D eigenvalue weighted by atomic mass is 16.5. The fourth-order valence-corrected chi connectivity index (χ4v) is 2.59. The van der Waals surface area contributed by atoms with Crippen molar-refractivity contribution in [2.24, 2.45) is 5.92 Å². The van der Waals surface area contributed by atoms with Crippen LogP contribution in [0.25, 0.3) is 0 Å². The van der Waals surface area contributed by atoms with Gasteiger partial charge in [0.2, 0.25) is 0 Å². The number of hydrogen-bond donors (Lipinski definition) is 1. The summed E-state index contributed by atoms with van der Waals surface area (Å²) < 4.78 is 6.07. The molecule has 92 valence electrons. The fraction of sp³-hybridized carbons (Fsp3) is 0.250. The van der Waals surface area contributed by atoms with Crippen molar-refractivity contribution >= 4 is 0 Å². The molecule has 0 amide bonds. The monoisotopic (exact) mass is 240 g/mol. The summed E-state index contributed by atoms with van der Waals surface area (Å²) in [5.74, 6) is 1.60. The zero-order chi connectivity index (χ0) is 12.5. The first-order valence-electron chi connectivity index (χ1n) is 6.27. The maximum Gasteiger partial charge on any atom is 0.127 e. The number of hydrogen-bond acceptors (Lipinski definition) is 2. The van der Waals surface area contributed by atoms with Gasteiger partial charge in [0.05, 0.1) is 0 Å². The topological polar surface area (TPSA) is 29.5 Å². The van der Waals surface area contributed by atoms with Gasteiger partial charge in [-0.3, -0.25) is 0 Å². The van der Waals surface area contributed by atoms with E-state index in [2.05, 4.69) is 19.1 Å². The molecule has 1 aliphatic heterocycles. The molecule has 1 N–H and O–H groups in total. The zero-order valence-electron chi connectivity index (χ0n) is 10.3. The van der Waals surface area contributed by atoms with Crippen LogP contribution in [0.15, 0.2) is 48.5 Å². The molecule has 2 aromatic rings. The van der Waals surface area contributed by atoms with Crippen molar-refractivity contribution in [2.75, 3.05) is 0 Å². The molecule has 0 aromatic heterocycles. The second-order valence-corrected chi connectivity index (χ2v) is 4.92. The van der Waals surface area contributed by atoms with Crippen LogP contribution in [0.3, 0.4) is 0 Å². The van der Waals surface area contributed by atoms with E-state index in [0.717, 1.165) is 17.7 Å². The van der Waals surface area contributed by atoms with Crippen molar-refractivity contribution in [3.63, 3.8) is 0 Å². The van der Waals surface area contributed by atoms with Crippen LogP contribution in [0, 0.1) is 5.92 Å². The third-order valence-electron chi connectivity index (χ3n) is 3.48. The van der Waals surface area contributed by atoms with E-state index < -0.39 is 0 Å². The highest BCUT2D eigenvalue weighted by molar-refractivity contribution is 5.42. The van der Waals surface area contributed by atoms with E-state index in [-0.39, 0.29) is 6.10 Å². The largest absolute Gasteiger partial charge is 0.508 e. The Morgan fingerprint density at radius 2 is 1.89 bits per heavy atom. The molecular formula is C16H16O2. The van der Waals surface area contributed by atoms with Gasteiger partial charge in [-0.15, -0.1) is 0 Å². The van der Waals surface area contributed by atoms with E-state index in [1.807, 2.05) is 24.3 Å². The number of benzene rings is 2. The zero-order valence-corrected chi connectivity index (χ0v) is 10.3. The van der Waals surface area contributed by atoms with Gasteiger partial charge < -0.3 is 9.84 Å². The van der Waals surface area contributed by atoms with Gasteiger partial charge in [0.1, 0.15) is 17.6 Å². The maximum atomic E-state index is 9.50. The van der Waals surface area contributed by atoms with E-state index in [9.17, 15) is 5.11 Å². The van der Waals surface area contributed by atoms with Crippen LogP contribution < -0.4 is 4.74 Å². The first kappa shape index (κ1) is 11.1. The van der Waals surface area contributed by atoms with Crippen molar-refractivity contribution in [1.29, 1.82) is 0 Å². The lowest BCUT2D eigenvalue weighted by Crippen LogP contribution is -2.23. The Bertz CT molecular complexity index is 548. The fourth-order valence-electron chi connectivity index (χ4n) is 2.59. The Hall–Kier alpha value is -1.96. The molecule has 2 atom stereocenters. The molecule has 0 radical (unpaired) electrons. The van der Waals surface area contributed by atoms with Crippen molar-refractivity contribution < 1.29 is 9.84 Å². The lowest BCUT2D eigenvalue weighted by molar-refractivity contribution is 0.123. The van der Waals surface area contributed by atoms with E-state index in [0.29, 0.717) is 11.7 Å².